The van der Waals surface area contributed by atoms with Crippen LogP contribution in [0.15, 0.2) is 24.3 Å². The lowest BCUT2D eigenvalue weighted by molar-refractivity contribution is 0.148. The Labute approximate surface area is 119 Å². The van der Waals surface area contributed by atoms with Crippen molar-refractivity contribution in [2.45, 2.75) is 40.2 Å². The fraction of sp³-hybridized carbons (Fsp3) is 0.647. The number of rotatable bonds is 3. The lowest BCUT2D eigenvalue weighted by atomic mass is 10.0. The highest BCUT2D eigenvalue weighted by molar-refractivity contribution is 5.25. The first kappa shape index (κ1) is 16.2. The summed E-state index contributed by atoms with van der Waals surface area (Å²) in [6.45, 7) is 14.4. The zero-order valence-corrected chi connectivity index (χ0v) is 13.3. The van der Waals surface area contributed by atoms with Crippen LogP contribution in [0.2, 0.25) is 0 Å². The van der Waals surface area contributed by atoms with Gasteiger partial charge in [-0.25, -0.2) is 0 Å². The van der Waals surface area contributed by atoms with E-state index in [1.54, 1.807) is 0 Å². The molecule has 0 saturated carbocycles. The molecule has 1 aromatic rings. The lowest BCUT2D eigenvalue weighted by Crippen LogP contribution is -2.43. The van der Waals surface area contributed by atoms with Gasteiger partial charge in [-0.05, 0) is 24.1 Å². The topological polar surface area (TPSA) is 6.48 Å². The minimum absolute atomic E-state index is 0.627. The van der Waals surface area contributed by atoms with E-state index in [-0.39, 0.29) is 0 Å². The van der Waals surface area contributed by atoms with E-state index in [1.807, 2.05) is 13.8 Å². The first-order chi connectivity index (χ1) is 9.15. The minimum atomic E-state index is 0.627. The number of nitrogens with zero attached hydrogens (tertiary/aromatic N) is 2. The standard InChI is InChI=1S/C15H24N2.C2H6/c1-13(2)15-6-4-5-14(11-15)12-17-9-7-16(3)8-10-17;1-2/h4-6,11,13H,7-10,12H2,1-3H3;1-2H3. The van der Waals surface area contributed by atoms with Gasteiger partial charge < -0.3 is 4.90 Å². The van der Waals surface area contributed by atoms with Crippen LogP contribution in [-0.2, 0) is 6.54 Å². The van der Waals surface area contributed by atoms with E-state index in [1.165, 1.54) is 37.3 Å². The van der Waals surface area contributed by atoms with E-state index >= 15 is 0 Å². The summed E-state index contributed by atoms with van der Waals surface area (Å²) in [6, 6.07) is 9.05. The maximum atomic E-state index is 2.56. The van der Waals surface area contributed by atoms with Crippen LogP contribution in [0.25, 0.3) is 0 Å². The van der Waals surface area contributed by atoms with Crippen molar-refractivity contribution < 1.29 is 0 Å². The van der Waals surface area contributed by atoms with Crippen LogP contribution < -0.4 is 0 Å². The Hall–Kier alpha value is -0.860. The van der Waals surface area contributed by atoms with Crippen LogP contribution in [0.5, 0.6) is 0 Å². The molecule has 1 aliphatic heterocycles. The second-order valence-corrected chi connectivity index (χ2v) is 5.48. The summed E-state index contributed by atoms with van der Waals surface area (Å²) in [5.41, 5.74) is 2.91. The fourth-order valence-electron chi connectivity index (χ4n) is 2.31. The Morgan fingerprint density at radius 3 is 2.26 bits per heavy atom. The number of hydrogen-bond donors (Lipinski definition) is 0. The SMILES string of the molecule is CC.CC(C)c1cccc(CN2CCN(C)CC2)c1. The van der Waals surface area contributed by atoms with E-state index in [4.69, 9.17) is 0 Å². The second kappa shape index (κ2) is 8.34. The van der Waals surface area contributed by atoms with Gasteiger partial charge in [-0.2, -0.15) is 0 Å². The van der Waals surface area contributed by atoms with Crippen molar-refractivity contribution in [1.29, 1.82) is 0 Å². The van der Waals surface area contributed by atoms with Crippen LogP contribution >= 0.6 is 0 Å². The molecular weight excluding hydrogens is 232 g/mol. The zero-order chi connectivity index (χ0) is 14.3. The first-order valence-electron chi connectivity index (χ1n) is 7.65. The van der Waals surface area contributed by atoms with Gasteiger partial charge in [0.15, 0.2) is 0 Å². The van der Waals surface area contributed by atoms with Gasteiger partial charge in [0.05, 0.1) is 0 Å². The summed E-state index contributed by atoms with van der Waals surface area (Å²) < 4.78 is 0. The molecule has 2 rings (SSSR count). The van der Waals surface area contributed by atoms with Gasteiger partial charge in [0.2, 0.25) is 0 Å². The van der Waals surface area contributed by atoms with E-state index in [0.29, 0.717) is 5.92 Å². The van der Waals surface area contributed by atoms with Crippen LogP contribution in [-0.4, -0.2) is 43.0 Å². The Morgan fingerprint density at radius 1 is 1.05 bits per heavy atom. The van der Waals surface area contributed by atoms with E-state index in [0.717, 1.165) is 6.54 Å². The van der Waals surface area contributed by atoms with Crippen molar-refractivity contribution in [3.8, 4) is 0 Å². The molecular formula is C17H30N2. The van der Waals surface area contributed by atoms with Crippen LogP contribution in [0.3, 0.4) is 0 Å². The molecule has 0 bridgehead atoms. The molecule has 2 heteroatoms. The van der Waals surface area contributed by atoms with Crippen molar-refractivity contribution >= 4 is 0 Å². The molecule has 1 aliphatic rings. The molecule has 0 spiro atoms. The highest BCUT2D eigenvalue weighted by atomic mass is 15.2. The Balaban J connectivity index is 0.000000861. The Morgan fingerprint density at radius 2 is 1.68 bits per heavy atom. The van der Waals surface area contributed by atoms with Gasteiger partial charge in [0, 0.05) is 32.7 Å². The van der Waals surface area contributed by atoms with Crippen molar-refractivity contribution in [2.75, 3.05) is 33.2 Å². The second-order valence-electron chi connectivity index (χ2n) is 5.48. The molecule has 1 saturated heterocycles. The van der Waals surface area contributed by atoms with Gasteiger partial charge >= 0.3 is 0 Å². The van der Waals surface area contributed by atoms with E-state index < -0.39 is 0 Å². The summed E-state index contributed by atoms with van der Waals surface area (Å²) in [7, 11) is 2.21. The third-order valence-corrected chi connectivity index (χ3v) is 3.62. The molecule has 1 aromatic carbocycles. The highest BCUT2D eigenvalue weighted by Gasteiger charge is 2.13. The predicted molar refractivity (Wildman–Crippen MR) is 84.7 cm³/mol. The highest BCUT2D eigenvalue weighted by Crippen LogP contribution is 2.17. The molecule has 19 heavy (non-hydrogen) atoms. The predicted octanol–water partition coefficient (Wildman–Crippen LogP) is 3.58. The fourth-order valence-corrected chi connectivity index (χ4v) is 2.31. The molecule has 0 aliphatic carbocycles. The average molecular weight is 262 g/mol. The molecule has 1 heterocycles. The average Bonchev–Trinajstić information content (AvgIpc) is 2.44. The molecule has 0 N–H and O–H groups in total. The molecule has 0 radical (unpaired) electrons. The monoisotopic (exact) mass is 262 g/mol. The number of benzene rings is 1. The third-order valence-electron chi connectivity index (χ3n) is 3.62. The van der Waals surface area contributed by atoms with E-state index in [9.17, 15) is 0 Å². The largest absolute Gasteiger partial charge is 0.304 e. The summed E-state index contributed by atoms with van der Waals surface area (Å²) in [6.07, 6.45) is 0. The molecule has 0 amide bonds. The van der Waals surface area contributed by atoms with Crippen LogP contribution in [0, 0.1) is 0 Å². The summed E-state index contributed by atoms with van der Waals surface area (Å²) in [4.78, 5) is 4.96. The molecule has 2 nitrogen and oxygen atoms in total. The van der Waals surface area contributed by atoms with Crippen LogP contribution in [0.1, 0.15) is 44.7 Å². The maximum absolute atomic E-state index is 2.56. The molecule has 0 atom stereocenters. The smallest absolute Gasteiger partial charge is 0.0234 e. The number of hydrogen-bond acceptors (Lipinski definition) is 2. The summed E-state index contributed by atoms with van der Waals surface area (Å²) in [5, 5.41) is 0. The van der Waals surface area contributed by atoms with E-state index in [2.05, 4.69) is 55.0 Å². The third kappa shape index (κ3) is 5.33. The van der Waals surface area contributed by atoms with Crippen molar-refractivity contribution in [2.24, 2.45) is 0 Å². The molecule has 0 unspecified atom stereocenters. The molecule has 108 valence electrons. The normalized spacial score (nSPS) is 17.2. The quantitative estimate of drug-likeness (QED) is 0.821. The van der Waals surface area contributed by atoms with Crippen molar-refractivity contribution in [3.05, 3.63) is 35.4 Å². The Kier molecular flexibility index (Phi) is 7.11. The van der Waals surface area contributed by atoms with Crippen molar-refractivity contribution in [3.63, 3.8) is 0 Å². The summed E-state index contributed by atoms with van der Waals surface area (Å²) in [5.74, 6) is 0.627. The number of piperazine rings is 1. The lowest BCUT2D eigenvalue weighted by Gasteiger charge is -2.32. The van der Waals surface area contributed by atoms with Crippen molar-refractivity contribution in [1.82, 2.24) is 9.80 Å². The van der Waals surface area contributed by atoms with Gasteiger partial charge in [-0.15, -0.1) is 0 Å². The van der Waals surface area contributed by atoms with Gasteiger partial charge in [0.25, 0.3) is 0 Å². The minimum Gasteiger partial charge on any atom is -0.304 e. The molecule has 0 aromatic heterocycles. The van der Waals surface area contributed by atoms with Gasteiger partial charge in [0.1, 0.15) is 0 Å². The van der Waals surface area contributed by atoms with Crippen LogP contribution in [0.4, 0.5) is 0 Å². The maximum Gasteiger partial charge on any atom is 0.0234 e. The summed E-state index contributed by atoms with van der Waals surface area (Å²) >= 11 is 0. The van der Waals surface area contributed by atoms with Gasteiger partial charge in [-0.3, -0.25) is 4.90 Å². The zero-order valence-electron chi connectivity index (χ0n) is 13.3. The number of likely N-dealkylation sites (N-methyl/N-ethyl adjacent to an activating group) is 1. The van der Waals surface area contributed by atoms with Gasteiger partial charge in [-0.1, -0.05) is 52.0 Å². The first-order valence-corrected chi connectivity index (χ1v) is 7.65. The Bertz CT molecular complexity index is 352. The molecule has 1 fully saturated rings.